The first-order chi connectivity index (χ1) is 5.79. The third-order valence-electron chi connectivity index (χ3n) is 1.96. The van der Waals surface area contributed by atoms with E-state index in [-0.39, 0.29) is 0 Å². The summed E-state index contributed by atoms with van der Waals surface area (Å²) in [6, 6.07) is 0. The fourth-order valence-electron chi connectivity index (χ4n) is 1.09. The van der Waals surface area contributed by atoms with Crippen molar-refractivity contribution in [3.8, 4) is 0 Å². The summed E-state index contributed by atoms with van der Waals surface area (Å²) in [5.41, 5.74) is 4.47. The Labute approximate surface area is 91.0 Å². The maximum atomic E-state index is 2.29. The summed E-state index contributed by atoms with van der Waals surface area (Å²) in [5, 5.41) is 0. The van der Waals surface area contributed by atoms with Gasteiger partial charge in [-0.3, -0.25) is 0 Å². The summed E-state index contributed by atoms with van der Waals surface area (Å²) in [5.74, 6) is 0. The molecule has 1 fully saturated rings. The first kappa shape index (κ1) is 9.51. The molecule has 1 aliphatic heterocycles. The molecule has 0 N–H and O–H groups in total. The standard InChI is InChI=1S/C8H8S2Se2/c1-5-3-4-7(6(5)2)8-9-10-12-11-8/h3-4H,1-2H3. The molecule has 0 aromatic heterocycles. The van der Waals surface area contributed by atoms with E-state index in [4.69, 9.17) is 0 Å². The van der Waals surface area contributed by atoms with E-state index in [2.05, 4.69) is 35.2 Å². The molecule has 0 saturated carbocycles. The van der Waals surface area contributed by atoms with Crippen LogP contribution in [0, 0.1) is 0 Å². The van der Waals surface area contributed by atoms with Crippen molar-refractivity contribution >= 4 is 45.1 Å². The van der Waals surface area contributed by atoms with Crippen LogP contribution < -0.4 is 0 Å². The average Bonchev–Trinajstić information content (AvgIpc) is 2.64. The van der Waals surface area contributed by atoms with Crippen molar-refractivity contribution in [2.75, 3.05) is 0 Å². The molecule has 2 rings (SSSR count). The quantitative estimate of drug-likeness (QED) is 0.496. The van der Waals surface area contributed by atoms with Crippen LogP contribution in [0.2, 0.25) is 0 Å². The second kappa shape index (κ2) is 4.00. The molecule has 4 heteroatoms. The van der Waals surface area contributed by atoms with E-state index in [9.17, 15) is 0 Å². The Morgan fingerprint density at radius 3 is 2.58 bits per heavy atom. The number of rotatable bonds is 0. The van der Waals surface area contributed by atoms with Crippen LogP contribution in [0.3, 0.4) is 0 Å². The molecule has 2 aliphatic rings. The molecule has 1 saturated heterocycles. The van der Waals surface area contributed by atoms with Crippen molar-refractivity contribution in [2.45, 2.75) is 13.8 Å². The van der Waals surface area contributed by atoms with E-state index in [1.54, 1.807) is 3.80 Å². The summed E-state index contributed by atoms with van der Waals surface area (Å²) in [6.45, 7) is 4.44. The molecule has 1 heterocycles. The van der Waals surface area contributed by atoms with Crippen LogP contribution in [0.4, 0.5) is 0 Å². The van der Waals surface area contributed by atoms with Crippen molar-refractivity contribution in [2.24, 2.45) is 0 Å². The van der Waals surface area contributed by atoms with Crippen LogP contribution in [0.25, 0.3) is 0 Å². The summed E-state index contributed by atoms with van der Waals surface area (Å²) < 4.78 is 1.66. The van der Waals surface area contributed by atoms with Gasteiger partial charge >= 0.3 is 91.7 Å². The SMILES string of the molecule is CC1=C(C)C(=C2SS[Se][Se]2)C=C1. The first-order valence-corrected chi connectivity index (χ1v) is 12.9. The van der Waals surface area contributed by atoms with Gasteiger partial charge in [-0.2, -0.15) is 0 Å². The van der Waals surface area contributed by atoms with Crippen molar-refractivity contribution < 1.29 is 0 Å². The van der Waals surface area contributed by atoms with Crippen LogP contribution in [0.5, 0.6) is 0 Å². The summed E-state index contributed by atoms with van der Waals surface area (Å²) in [7, 11) is 4.08. The third kappa shape index (κ3) is 1.74. The number of hydrogen-bond acceptors (Lipinski definition) is 2. The summed E-state index contributed by atoms with van der Waals surface area (Å²) in [4.78, 5) is 0. The van der Waals surface area contributed by atoms with Gasteiger partial charge in [0.05, 0.1) is 0 Å². The van der Waals surface area contributed by atoms with Gasteiger partial charge in [-0.1, -0.05) is 0 Å². The minimum atomic E-state index is 0.799. The molecular weight excluding hydrogens is 318 g/mol. The van der Waals surface area contributed by atoms with E-state index >= 15 is 0 Å². The topological polar surface area (TPSA) is 0 Å². The van der Waals surface area contributed by atoms with Crippen molar-refractivity contribution in [3.05, 3.63) is 32.7 Å². The van der Waals surface area contributed by atoms with Crippen LogP contribution in [0.1, 0.15) is 13.8 Å². The molecule has 0 radical (unpaired) electrons. The predicted molar refractivity (Wildman–Crippen MR) is 61.2 cm³/mol. The molecule has 0 bridgehead atoms. The minimum absolute atomic E-state index is 0.799. The number of hydrogen-bond donors (Lipinski definition) is 0. The van der Waals surface area contributed by atoms with Gasteiger partial charge in [0.15, 0.2) is 0 Å². The monoisotopic (exact) mass is 328 g/mol. The maximum absolute atomic E-state index is 2.29. The normalized spacial score (nSPS) is 29.2. The third-order valence-corrected chi connectivity index (χ3v) is 19.3. The van der Waals surface area contributed by atoms with E-state index in [0.29, 0.717) is 0 Å². The summed E-state index contributed by atoms with van der Waals surface area (Å²) in [6.07, 6.45) is 4.53. The van der Waals surface area contributed by atoms with Crippen LogP contribution in [-0.4, -0.2) is 25.1 Å². The van der Waals surface area contributed by atoms with Crippen LogP contribution in [0.15, 0.2) is 32.7 Å². The Kier molecular flexibility index (Phi) is 3.17. The molecule has 0 amide bonds. The Morgan fingerprint density at radius 2 is 2.08 bits per heavy atom. The Hall–Kier alpha value is 0.959. The van der Waals surface area contributed by atoms with Crippen molar-refractivity contribution in [3.63, 3.8) is 0 Å². The van der Waals surface area contributed by atoms with Gasteiger partial charge in [-0.15, -0.1) is 0 Å². The van der Waals surface area contributed by atoms with E-state index in [1.807, 2.05) is 10.8 Å². The molecule has 64 valence electrons. The zero-order chi connectivity index (χ0) is 8.55. The number of allylic oxidation sites excluding steroid dienone is 5. The Morgan fingerprint density at radius 1 is 1.25 bits per heavy atom. The van der Waals surface area contributed by atoms with Gasteiger partial charge in [0, 0.05) is 0 Å². The van der Waals surface area contributed by atoms with Crippen molar-refractivity contribution in [1.82, 2.24) is 0 Å². The van der Waals surface area contributed by atoms with E-state index in [1.165, 1.54) is 16.7 Å². The van der Waals surface area contributed by atoms with Crippen molar-refractivity contribution in [1.29, 1.82) is 0 Å². The molecule has 0 aromatic rings. The van der Waals surface area contributed by atoms with Gasteiger partial charge in [0.2, 0.25) is 0 Å². The molecule has 0 atom stereocenters. The van der Waals surface area contributed by atoms with Gasteiger partial charge in [0.25, 0.3) is 0 Å². The Balaban J connectivity index is 2.36. The molecule has 0 unspecified atom stereocenters. The summed E-state index contributed by atoms with van der Waals surface area (Å²) >= 11 is 1.65. The molecule has 1 aliphatic carbocycles. The second-order valence-electron chi connectivity index (χ2n) is 2.65. The van der Waals surface area contributed by atoms with Gasteiger partial charge in [-0.25, -0.2) is 0 Å². The molecule has 0 spiro atoms. The van der Waals surface area contributed by atoms with Gasteiger partial charge < -0.3 is 0 Å². The fraction of sp³-hybridized carbons (Fsp3) is 0.250. The molecule has 12 heavy (non-hydrogen) atoms. The van der Waals surface area contributed by atoms with E-state index in [0.717, 1.165) is 25.1 Å². The molecule has 0 aromatic carbocycles. The zero-order valence-electron chi connectivity index (χ0n) is 6.79. The predicted octanol–water partition coefficient (Wildman–Crippen LogP) is 2.74. The van der Waals surface area contributed by atoms with Crippen LogP contribution >= 0.6 is 20.0 Å². The van der Waals surface area contributed by atoms with Gasteiger partial charge in [-0.05, 0) is 0 Å². The Bertz CT molecular complexity index is 294. The average molecular weight is 326 g/mol. The van der Waals surface area contributed by atoms with Gasteiger partial charge in [0.1, 0.15) is 0 Å². The van der Waals surface area contributed by atoms with Crippen LogP contribution in [-0.2, 0) is 0 Å². The first-order valence-electron chi connectivity index (χ1n) is 3.57. The zero-order valence-corrected chi connectivity index (χ0v) is 11.8. The fourth-order valence-corrected chi connectivity index (χ4v) is 22.2. The van der Waals surface area contributed by atoms with E-state index < -0.39 is 0 Å². The molecule has 0 nitrogen and oxygen atoms in total. The molecular formula is C8H8S2Se2. The second-order valence-corrected chi connectivity index (χ2v) is 15.9.